The molecule has 1 atom stereocenters. The molecule has 0 saturated carbocycles. The number of pyridine rings is 1. The predicted molar refractivity (Wildman–Crippen MR) is 123 cm³/mol. The first kappa shape index (κ1) is 29.2. The maximum atomic E-state index is 13.0. The number of ether oxygens (including phenoxy) is 1. The Morgan fingerprint density at radius 2 is 1.36 bits per heavy atom. The van der Waals surface area contributed by atoms with Crippen molar-refractivity contribution in [2.45, 2.75) is 31.4 Å². The lowest BCUT2D eigenvalue weighted by Gasteiger charge is -2.21. The van der Waals surface area contributed by atoms with Crippen LogP contribution >= 0.6 is 0 Å². The maximum Gasteiger partial charge on any atom is 0.416 e. The molecule has 0 aliphatic carbocycles. The number of alkyl halides is 6. The van der Waals surface area contributed by atoms with Crippen LogP contribution in [-0.4, -0.2) is 35.1 Å². The molecular weight excluding hydrogens is 536 g/mol. The van der Waals surface area contributed by atoms with E-state index in [1.807, 2.05) is 0 Å². The quantitative estimate of drug-likeness (QED) is 0.270. The SMILES string of the molecule is COc1ccnc(C(=O)N[C@@H](C)C(=O)ONC(c2ccc(C(F)(F)F)cc2)c2ccc(C(F)(F)F)cc2)c1O. The van der Waals surface area contributed by atoms with Crippen LogP contribution < -0.4 is 15.5 Å². The molecule has 14 heteroatoms. The highest BCUT2D eigenvalue weighted by molar-refractivity contribution is 5.97. The Morgan fingerprint density at radius 1 is 0.872 bits per heavy atom. The first-order valence-electron chi connectivity index (χ1n) is 11.1. The number of hydrogen-bond acceptors (Lipinski definition) is 7. The average Bonchev–Trinajstić information content (AvgIpc) is 2.88. The van der Waals surface area contributed by atoms with E-state index in [1.165, 1.54) is 26.3 Å². The van der Waals surface area contributed by atoms with E-state index >= 15 is 0 Å². The van der Waals surface area contributed by atoms with Crippen molar-refractivity contribution < 1.29 is 50.6 Å². The van der Waals surface area contributed by atoms with Crippen LogP contribution in [0.4, 0.5) is 26.3 Å². The van der Waals surface area contributed by atoms with Crippen molar-refractivity contribution in [2.24, 2.45) is 0 Å². The van der Waals surface area contributed by atoms with E-state index in [0.29, 0.717) is 0 Å². The van der Waals surface area contributed by atoms with Crippen molar-refractivity contribution in [3.8, 4) is 11.5 Å². The van der Waals surface area contributed by atoms with Gasteiger partial charge < -0.3 is 20.0 Å². The average molecular weight is 557 g/mol. The van der Waals surface area contributed by atoms with Gasteiger partial charge in [-0.3, -0.25) is 4.79 Å². The number of nitrogens with one attached hydrogen (secondary N) is 2. The number of benzene rings is 2. The normalized spacial score (nSPS) is 12.6. The second-order valence-corrected chi connectivity index (χ2v) is 8.12. The van der Waals surface area contributed by atoms with Crippen molar-refractivity contribution in [3.63, 3.8) is 0 Å². The summed E-state index contributed by atoms with van der Waals surface area (Å²) in [4.78, 5) is 33.8. The van der Waals surface area contributed by atoms with Crippen molar-refractivity contribution in [2.75, 3.05) is 7.11 Å². The largest absolute Gasteiger partial charge is 0.503 e. The number of methoxy groups -OCH3 is 1. The zero-order valence-corrected chi connectivity index (χ0v) is 20.2. The first-order valence-corrected chi connectivity index (χ1v) is 11.1. The molecule has 1 heterocycles. The van der Waals surface area contributed by atoms with E-state index in [1.54, 1.807) is 0 Å². The molecule has 3 N–H and O–H groups in total. The number of hydroxylamine groups is 1. The molecule has 3 aromatic rings. The molecular formula is C25H21F6N3O5. The highest BCUT2D eigenvalue weighted by Crippen LogP contribution is 2.33. The van der Waals surface area contributed by atoms with E-state index in [-0.39, 0.29) is 16.9 Å². The van der Waals surface area contributed by atoms with Gasteiger partial charge in [0.15, 0.2) is 17.2 Å². The van der Waals surface area contributed by atoms with Gasteiger partial charge in [-0.05, 0) is 42.3 Å². The zero-order valence-electron chi connectivity index (χ0n) is 20.2. The summed E-state index contributed by atoms with van der Waals surface area (Å²) < 4.78 is 82.8. The minimum atomic E-state index is -4.62. The van der Waals surface area contributed by atoms with Crippen LogP contribution in [-0.2, 0) is 22.0 Å². The Hall–Kier alpha value is -4.33. The summed E-state index contributed by atoms with van der Waals surface area (Å²) in [6.45, 7) is 1.24. The second-order valence-electron chi connectivity index (χ2n) is 8.12. The molecule has 39 heavy (non-hydrogen) atoms. The third kappa shape index (κ3) is 7.16. The van der Waals surface area contributed by atoms with Crippen LogP contribution in [0.25, 0.3) is 0 Å². The monoisotopic (exact) mass is 557 g/mol. The Bertz CT molecular complexity index is 1250. The van der Waals surface area contributed by atoms with Crippen LogP contribution in [0.2, 0.25) is 0 Å². The standard InChI is InChI=1S/C25H21F6N3O5/c1-13(33-22(36)20-21(35)18(38-2)11-12-32-20)23(37)39-34-19(14-3-7-16(8-4-14)24(26,27)28)15-5-9-17(10-6-15)25(29,30)31/h3-13,19,34-35H,1-2H3,(H,33,36)/t13-/m0/s1. The molecule has 208 valence electrons. The number of halogens is 6. The van der Waals surface area contributed by atoms with Crippen molar-refractivity contribution in [1.29, 1.82) is 0 Å². The van der Waals surface area contributed by atoms with Gasteiger partial charge in [-0.2, -0.15) is 26.3 Å². The number of nitrogens with zero attached hydrogens (tertiary/aromatic N) is 1. The third-order valence-corrected chi connectivity index (χ3v) is 5.44. The minimum absolute atomic E-state index is 0.0389. The number of hydrogen-bond donors (Lipinski definition) is 3. The lowest BCUT2D eigenvalue weighted by Crippen LogP contribution is -2.42. The summed E-state index contributed by atoms with van der Waals surface area (Å²) in [7, 11) is 1.26. The summed E-state index contributed by atoms with van der Waals surface area (Å²) in [6.07, 6.45) is -8.05. The molecule has 1 amide bonds. The first-order chi connectivity index (χ1) is 18.2. The Labute approximate surface area is 217 Å². The van der Waals surface area contributed by atoms with Gasteiger partial charge >= 0.3 is 18.3 Å². The van der Waals surface area contributed by atoms with Crippen LogP contribution in [0, 0.1) is 0 Å². The number of rotatable bonds is 8. The molecule has 0 aliphatic rings. The molecule has 0 aliphatic heterocycles. The molecule has 2 aromatic carbocycles. The zero-order chi connectivity index (χ0) is 29.0. The fraction of sp³-hybridized carbons (Fsp3) is 0.240. The fourth-order valence-corrected chi connectivity index (χ4v) is 3.35. The third-order valence-electron chi connectivity index (χ3n) is 5.44. The van der Waals surface area contributed by atoms with Crippen LogP contribution in [0.1, 0.15) is 45.7 Å². The molecule has 0 radical (unpaired) electrons. The van der Waals surface area contributed by atoms with Crippen LogP contribution in [0.5, 0.6) is 11.5 Å². The van der Waals surface area contributed by atoms with E-state index in [9.17, 15) is 41.0 Å². The molecule has 0 fully saturated rings. The molecule has 8 nitrogen and oxygen atoms in total. The fourth-order valence-electron chi connectivity index (χ4n) is 3.35. The molecule has 3 rings (SSSR count). The van der Waals surface area contributed by atoms with E-state index < -0.39 is 58.9 Å². The van der Waals surface area contributed by atoms with Gasteiger partial charge in [0, 0.05) is 12.3 Å². The highest BCUT2D eigenvalue weighted by Gasteiger charge is 2.32. The van der Waals surface area contributed by atoms with Crippen molar-refractivity contribution in [3.05, 3.63) is 88.7 Å². The van der Waals surface area contributed by atoms with Crippen LogP contribution in [0.3, 0.4) is 0 Å². The van der Waals surface area contributed by atoms with Crippen molar-refractivity contribution in [1.82, 2.24) is 15.8 Å². The van der Waals surface area contributed by atoms with Crippen LogP contribution in [0.15, 0.2) is 60.8 Å². The van der Waals surface area contributed by atoms with Gasteiger partial charge in [0.25, 0.3) is 5.91 Å². The lowest BCUT2D eigenvalue weighted by atomic mass is 9.97. The molecule has 0 spiro atoms. The number of carbonyl (C=O) groups is 2. The number of aromatic nitrogens is 1. The summed E-state index contributed by atoms with van der Waals surface area (Å²) in [5, 5.41) is 12.3. The molecule has 0 saturated heterocycles. The van der Waals surface area contributed by atoms with Gasteiger partial charge in [0.1, 0.15) is 6.04 Å². The number of aromatic hydroxyl groups is 1. The lowest BCUT2D eigenvalue weighted by molar-refractivity contribution is -0.154. The highest BCUT2D eigenvalue weighted by atomic mass is 19.4. The Kier molecular flexibility index (Phi) is 8.69. The molecule has 1 aromatic heterocycles. The van der Waals surface area contributed by atoms with Gasteiger partial charge in [-0.25, -0.2) is 9.78 Å². The second kappa shape index (κ2) is 11.6. The van der Waals surface area contributed by atoms with Gasteiger partial charge in [-0.15, -0.1) is 5.48 Å². The topological polar surface area (TPSA) is 110 Å². The maximum absolute atomic E-state index is 13.0. The summed E-state index contributed by atoms with van der Waals surface area (Å²) in [5.74, 6) is -2.61. The van der Waals surface area contributed by atoms with E-state index in [4.69, 9.17) is 9.57 Å². The summed E-state index contributed by atoms with van der Waals surface area (Å²) in [5.41, 5.74) is 0.265. The smallest absolute Gasteiger partial charge is 0.416 e. The Morgan fingerprint density at radius 3 is 1.79 bits per heavy atom. The Balaban J connectivity index is 1.79. The van der Waals surface area contributed by atoms with Crippen molar-refractivity contribution >= 4 is 11.9 Å². The predicted octanol–water partition coefficient (Wildman–Crippen LogP) is 4.79. The number of carbonyl (C=O) groups excluding carboxylic acids is 2. The van der Waals surface area contributed by atoms with Gasteiger partial charge in [0.05, 0.1) is 24.3 Å². The van der Waals surface area contributed by atoms with E-state index in [2.05, 4.69) is 15.8 Å². The van der Waals surface area contributed by atoms with E-state index in [0.717, 1.165) is 48.5 Å². The van der Waals surface area contributed by atoms with Gasteiger partial charge in [0.2, 0.25) is 0 Å². The molecule has 0 unspecified atom stereocenters. The van der Waals surface area contributed by atoms with Gasteiger partial charge in [-0.1, -0.05) is 24.3 Å². The summed E-state index contributed by atoms with van der Waals surface area (Å²) in [6, 6.07) is 6.20. The summed E-state index contributed by atoms with van der Waals surface area (Å²) >= 11 is 0. The molecule has 0 bridgehead atoms. The number of amides is 1. The minimum Gasteiger partial charge on any atom is -0.503 e.